The zero-order valence-corrected chi connectivity index (χ0v) is 19.7. The number of sulfonamides is 1. The van der Waals surface area contributed by atoms with Crippen molar-refractivity contribution >= 4 is 37.6 Å². The van der Waals surface area contributed by atoms with Crippen LogP contribution in [0, 0.1) is 11.6 Å². The molecule has 0 saturated carbocycles. The molecule has 4 bridgehead atoms. The summed E-state index contributed by atoms with van der Waals surface area (Å²) in [7, 11) is -3.47. The first-order valence-electron chi connectivity index (χ1n) is 9.46. The molecule has 2 heterocycles. The number of hydrogen-bond donors (Lipinski definition) is 1. The molecular formula is C21H12BrF5N2O5S. The number of fused-ring (bicyclic) bond motifs is 6. The third kappa shape index (κ3) is 4.67. The van der Waals surface area contributed by atoms with E-state index in [1.165, 1.54) is 6.07 Å². The minimum atomic E-state index is -4.86. The highest BCUT2D eigenvalue weighted by Crippen LogP contribution is 2.38. The van der Waals surface area contributed by atoms with Gasteiger partial charge in [0, 0.05) is 17.2 Å². The molecule has 1 aliphatic rings. The number of pyridine rings is 1. The minimum absolute atomic E-state index is 0.0165. The third-order valence-corrected chi connectivity index (χ3v) is 6.89. The number of cyclic esters (lactones) is 1. The number of halogens is 6. The number of nitrogens with zero attached hydrogens (tertiary/aromatic N) is 1. The number of hydrogen-bond acceptors (Lipinski definition) is 6. The Morgan fingerprint density at radius 1 is 1.09 bits per heavy atom. The highest BCUT2D eigenvalue weighted by molar-refractivity contribution is 9.10. The summed E-state index contributed by atoms with van der Waals surface area (Å²) in [6, 6.07) is 4.61. The fraction of sp³-hybridized carbons (Fsp3) is 0.143. The maximum Gasteiger partial charge on any atom is 0.433 e. The number of carbonyl (C=O) groups excluding carboxylic acids is 1. The average Bonchev–Trinajstić information content (AvgIpc) is 2.77. The number of benzene rings is 2. The molecule has 0 saturated heterocycles. The Bertz CT molecular complexity index is 1480. The first-order valence-corrected chi connectivity index (χ1v) is 11.7. The van der Waals surface area contributed by atoms with E-state index in [1.807, 2.05) is 4.72 Å². The van der Waals surface area contributed by atoms with Gasteiger partial charge in [-0.15, -0.1) is 0 Å². The fourth-order valence-corrected chi connectivity index (χ4v) is 5.38. The van der Waals surface area contributed by atoms with Crippen molar-refractivity contribution in [2.45, 2.75) is 17.7 Å². The zero-order valence-electron chi connectivity index (χ0n) is 17.3. The molecule has 1 aliphatic heterocycles. The maximum absolute atomic E-state index is 14.7. The number of alkyl halides is 3. The molecule has 14 heteroatoms. The number of ether oxygens (including phenoxy) is 2. The van der Waals surface area contributed by atoms with Crippen LogP contribution in [-0.4, -0.2) is 26.5 Å². The van der Waals surface area contributed by atoms with Crippen molar-refractivity contribution in [2.24, 2.45) is 0 Å². The largest absolute Gasteiger partial charge is 0.494 e. The van der Waals surface area contributed by atoms with E-state index in [4.69, 9.17) is 9.47 Å². The highest BCUT2D eigenvalue weighted by Gasteiger charge is 2.34. The molecule has 2 aromatic carbocycles. The summed E-state index contributed by atoms with van der Waals surface area (Å²) in [6.45, 7) is -0.830. The Morgan fingerprint density at radius 2 is 1.80 bits per heavy atom. The van der Waals surface area contributed by atoms with E-state index in [1.54, 1.807) is 0 Å². The molecule has 3 aromatic rings. The second kappa shape index (κ2) is 8.75. The van der Waals surface area contributed by atoms with E-state index in [2.05, 4.69) is 20.9 Å². The number of esters is 1. The minimum Gasteiger partial charge on any atom is -0.494 e. The summed E-state index contributed by atoms with van der Waals surface area (Å²) in [5.41, 5.74) is -3.59. The molecule has 1 aromatic heterocycles. The summed E-state index contributed by atoms with van der Waals surface area (Å²) >= 11 is 3.08. The molecule has 0 atom stereocenters. The molecule has 0 unspecified atom stereocenters. The number of carbonyl (C=O) groups is 1. The van der Waals surface area contributed by atoms with Gasteiger partial charge in [-0.3, -0.25) is 4.72 Å². The number of methoxy groups -OCH3 is 1. The lowest BCUT2D eigenvalue weighted by Gasteiger charge is -2.15. The van der Waals surface area contributed by atoms with Gasteiger partial charge in [-0.1, -0.05) is 6.07 Å². The molecule has 7 nitrogen and oxygen atoms in total. The first-order chi connectivity index (χ1) is 16.3. The molecule has 0 aliphatic carbocycles. The Hall–Kier alpha value is -3.26. The van der Waals surface area contributed by atoms with Crippen molar-refractivity contribution < 1.29 is 44.6 Å². The smallest absolute Gasteiger partial charge is 0.433 e. The lowest BCUT2D eigenvalue weighted by molar-refractivity contribution is -0.141. The van der Waals surface area contributed by atoms with Crippen LogP contribution in [0.2, 0.25) is 0 Å². The molecule has 184 valence electrons. The van der Waals surface area contributed by atoms with Crippen LogP contribution in [0.4, 0.5) is 27.6 Å². The van der Waals surface area contributed by atoms with E-state index in [9.17, 15) is 35.2 Å². The normalized spacial score (nSPS) is 15.0. The maximum atomic E-state index is 14.7. The molecule has 1 N–H and O–H groups in total. The first kappa shape index (κ1) is 24.9. The van der Waals surface area contributed by atoms with Crippen LogP contribution >= 0.6 is 15.9 Å². The topological polar surface area (TPSA) is 94.6 Å². The Morgan fingerprint density at radius 3 is 2.46 bits per heavy atom. The van der Waals surface area contributed by atoms with Gasteiger partial charge in [0.2, 0.25) is 0 Å². The summed E-state index contributed by atoms with van der Waals surface area (Å²) in [4.78, 5) is 15.5. The van der Waals surface area contributed by atoms with Gasteiger partial charge in [0.05, 0.1) is 28.5 Å². The zero-order chi connectivity index (χ0) is 25.7. The molecule has 0 spiro atoms. The number of anilines is 1. The van der Waals surface area contributed by atoms with E-state index in [0.717, 1.165) is 25.3 Å². The molecule has 0 fully saturated rings. The Labute approximate surface area is 203 Å². The molecule has 0 radical (unpaired) electrons. The van der Waals surface area contributed by atoms with Gasteiger partial charge >= 0.3 is 12.1 Å². The van der Waals surface area contributed by atoms with E-state index in [0.29, 0.717) is 12.1 Å². The van der Waals surface area contributed by atoms with Crippen molar-refractivity contribution in [1.82, 2.24) is 4.98 Å². The summed E-state index contributed by atoms with van der Waals surface area (Å²) < 4.78 is 107. The van der Waals surface area contributed by atoms with Gasteiger partial charge in [-0.25, -0.2) is 27.0 Å². The summed E-state index contributed by atoms with van der Waals surface area (Å²) in [6.07, 6.45) is -4.86. The van der Waals surface area contributed by atoms with Crippen LogP contribution < -0.4 is 9.46 Å². The van der Waals surface area contributed by atoms with Crippen LogP contribution in [0.3, 0.4) is 0 Å². The van der Waals surface area contributed by atoms with Gasteiger partial charge in [0.25, 0.3) is 10.0 Å². The molecule has 0 amide bonds. The van der Waals surface area contributed by atoms with Crippen LogP contribution in [0.25, 0.3) is 11.1 Å². The standard InChI is InChI=1S/C21H12BrF5N2O5S/c1-33-19-12(22)4-9-5-17(19)35(31,32)29-15-6-11(13(23)7-14(15)24)10-2-3-18(21(25,26)27)28-16(10)8-34-20(9)30/h2-7,29H,8H2,1H3. The van der Waals surface area contributed by atoms with Gasteiger partial charge in [0.1, 0.15) is 28.8 Å². The van der Waals surface area contributed by atoms with Crippen LogP contribution in [0.15, 0.2) is 45.8 Å². The van der Waals surface area contributed by atoms with Gasteiger partial charge in [0.15, 0.2) is 5.75 Å². The summed E-state index contributed by atoms with van der Waals surface area (Å²) in [5.74, 6) is -3.86. The van der Waals surface area contributed by atoms with Gasteiger partial charge < -0.3 is 9.47 Å². The number of rotatable bonds is 1. The molecule has 4 rings (SSSR count). The number of nitrogens with one attached hydrogen (secondary N) is 1. The highest BCUT2D eigenvalue weighted by atomic mass is 79.9. The average molecular weight is 579 g/mol. The predicted octanol–water partition coefficient (Wildman–Crippen LogP) is 5.29. The number of aromatic nitrogens is 1. The second-order valence-electron chi connectivity index (χ2n) is 7.17. The summed E-state index contributed by atoms with van der Waals surface area (Å²) in [5, 5.41) is 0. The quantitative estimate of drug-likeness (QED) is 0.311. The Kier molecular flexibility index (Phi) is 6.21. The predicted molar refractivity (Wildman–Crippen MR) is 115 cm³/mol. The lowest BCUT2D eigenvalue weighted by atomic mass is 10.0. The van der Waals surface area contributed by atoms with Gasteiger partial charge in [-0.05, 0) is 40.2 Å². The van der Waals surface area contributed by atoms with Crippen molar-refractivity contribution in [2.75, 3.05) is 11.8 Å². The van der Waals surface area contributed by atoms with Crippen molar-refractivity contribution in [1.29, 1.82) is 0 Å². The SMILES string of the molecule is COc1c(Br)cc2cc1S(=O)(=O)Nc1cc(c(F)cc1F)-c1ccc(C(F)(F)F)nc1COC2=O. The van der Waals surface area contributed by atoms with Crippen LogP contribution in [0.5, 0.6) is 5.75 Å². The van der Waals surface area contributed by atoms with Crippen molar-refractivity contribution in [3.8, 4) is 16.9 Å². The van der Waals surface area contributed by atoms with Crippen molar-refractivity contribution in [3.05, 3.63) is 69.5 Å². The van der Waals surface area contributed by atoms with Crippen LogP contribution in [-0.2, 0) is 27.5 Å². The van der Waals surface area contributed by atoms with E-state index < -0.39 is 67.9 Å². The van der Waals surface area contributed by atoms with Crippen LogP contribution in [0.1, 0.15) is 21.7 Å². The second-order valence-corrected chi connectivity index (χ2v) is 9.68. The van der Waals surface area contributed by atoms with Crippen molar-refractivity contribution in [3.63, 3.8) is 0 Å². The third-order valence-electron chi connectivity index (χ3n) is 4.93. The van der Waals surface area contributed by atoms with E-state index in [-0.39, 0.29) is 21.3 Å². The monoisotopic (exact) mass is 578 g/mol. The van der Waals surface area contributed by atoms with E-state index >= 15 is 0 Å². The Balaban J connectivity index is 2.02. The molecule has 35 heavy (non-hydrogen) atoms. The lowest BCUT2D eigenvalue weighted by Crippen LogP contribution is -2.16. The molecular weight excluding hydrogens is 567 g/mol. The fourth-order valence-electron chi connectivity index (χ4n) is 3.35. The van der Waals surface area contributed by atoms with Gasteiger partial charge in [-0.2, -0.15) is 13.2 Å².